The molecule has 3 rings (SSSR count). The minimum Gasteiger partial charge on any atom is -0.508 e. The van der Waals surface area contributed by atoms with Crippen molar-refractivity contribution in [2.24, 2.45) is 22.9 Å². The predicted octanol–water partition coefficient (Wildman–Crippen LogP) is -1.77. The Hall–Kier alpha value is -3.75. The molecule has 2 aromatic carbocycles. The van der Waals surface area contributed by atoms with Gasteiger partial charge in [-0.15, -0.1) is 0 Å². The fourth-order valence-corrected chi connectivity index (χ4v) is 4.92. The van der Waals surface area contributed by atoms with Crippen molar-refractivity contribution in [3.05, 3.63) is 47.5 Å². The van der Waals surface area contributed by atoms with Crippen LogP contribution in [0.1, 0.15) is 24.0 Å². The van der Waals surface area contributed by atoms with Crippen molar-refractivity contribution in [3.63, 3.8) is 0 Å². The van der Waals surface area contributed by atoms with Crippen LogP contribution >= 0.6 is 0 Å². The Morgan fingerprint density at radius 3 is 2.02 bits per heavy atom. The molecule has 1 aliphatic rings. The molecule has 0 aliphatic carbocycles. The first-order valence-electron chi connectivity index (χ1n) is 14.3. The normalized spacial score (nSPS) is 19.4. The second-order valence-electron chi connectivity index (χ2n) is 10.5. The zero-order chi connectivity index (χ0) is 30.6. The van der Waals surface area contributed by atoms with Crippen LogP contribution in [-0.2, 0) is 27.2 Å². The first-order chi connectivity index (χ1) is 20.2. The van der Waals surface area contributed by atoms with E-state index in [1.807, 2.05) is 4.90 Å². The fourth-order valence-electron chi connectivity index (χ4n) is 4.92. The summed E-state index contributed by atoms with van der Waals surface area (Å²) in [5.41, 5.74) is 25.5. The number of carbonyl (C=O) groups is 3. The Morgan fingerprint density at radius 2 is 1.45 bits per heavy atom. The number of hydrogen-bond acceptors (Lipinski definition) is 10. The van der Waals surface area contributed by atoms with Crippen molar-refractivity contribution >= 4 is 17.7 Å². The lowest BCUT2D eigenvalue weighted by Crippen LogP contribution is -2.56. The van der Waals surface area contributed by atoms with Gasteiger partial charge in [-0.05, 0) is 65.9 Å². The molecule has 13 heteroatoms. The summed E-state index contributed by atoms with van der Waals surface area (Å²) >= 11 is 0. The number of rotatable bonds is 11. The van der Waals surface area contributed by atoms with Gasteiger partial charge in [-0.1, -0.05) is 12.1 Å². The summed E-state index contributed by atoms with van der Waals surface area (Å²) in [5, 5.41) is 29.5. The number of nitrogens with zero attached hydrogens (tertiary/aromatic N) is 1. The Kier molecular flexibility index (Phi) is 12.5. The van der Waals surface area contributed by atoms with Gasteiger partial charge in [0.1, 0.15) is 23.6 Å². The lowest BCUT2D eigenvalue weighted by molar-refractivity contribution is -0.132. The Balaban J connectivity index is 1.97. The summed E-state index contributed by atoms with van der Waals surface area (Å²) in [4.78, 5) is 42.0. The van der Waals surface area contributed by atoms with Crippen LogP contribution in [-0.4, -0.2) is 96.8 Å². The molecule has 3 atom stereocenters. The maximum absolute atomic E-state index is 13.5. The van der Waals surface area contributed by atoms with E-state index in [0.29, 0.717) is 62.4 Å². The van der Waals surface area contributed by atoms with E-state index in [9.17, 15) is 24.6 Å². The molecule has 1 aliphatic heterocycles. The number of benzene rings is 2. The molecule has 1 heterocycles. The molecule has 4 bridgehead atoms. The highest BCUT2D eigenvalue weighted by Crippen LogP contribution is 2.30. The second-order valence-corrected chi connectivity index (χ2v) is 10.5. The maximum atomic E-state index is 13.5. The van der Waals surface area contributed by atoms with Crippen LogP contribution in [0, 0.1) is 0 Å². The van der Waals surface area contributed by atoms with E-state index < -0.39 is 35.8 Å². The number of carbonyl (C=O) groups excluding carboxylic acids is 3. The third-order valence-corrected chi connectivity index (χ3v) is 7.27. The first-order valence-corrected chi connectivity index (χ1v) is 14.3. The molecule has 13 N–H and O–H groups in total. The highest BCUT2D eigenvalue weighted by molar-refractivity contribution is 5.93. The number of nitrogens with two attached hydrogens (primary N) is 4. The summed E-state index contributed by atoms with van der Waals surface area (Å²) in [7, 11) is 0. The second kappa shape index (κ2) is 16.0. The molecular formula is C29H44N8O5. The lowest BCUT2D eigenvalue weighted by Gasteiger charge is -2.25. The van der Waals surface area contributed by atoms with Crippen molar-refractivity contribution in [3.8, 4) is 22.6 Å². The lowest BCUT2D eigenvalue weighted by atomic mass is 9.95. The number of hydrogen-bond donors (Lipinski definition) is 9. The minimum atomic E-state index is -1.07. The van der Waals surface area contributed by atoms with E-state index in [1.54, 1.807) is 24.3 Å². The predicted molar refractivity (Wildman–Crippen MR) is 160 cm³/mol. The first kappa shape index (κ1) is 32.8. The molecule has 0 fully saturated rings. The minimum absolute atomic E-state index is 0.0176. The molecule has 42 heavy (non-hydrogen) atoms. The summed E-state index contributed by atoms with van der Waals surface area (Å²) in [6.07, 6.45) is 0.671. The Morgan fingerprint density at radius 1 is 0.857 bits per heavy atom. The number of aromatic hydroxyl groups is 2. The molecule has 0 spiro atoms. The van der Waals surface area contributed by atoms with Gasteiger partial charge in [-0.2, -0.15) is 0 Å². The van der Waals surface area contributed by atoms with E-state index in [2.05, 4.69) is 16.0 Å². The van der Waals surface area contributed by atoms with Crippen molar-refractivity contribution < 1.29 is 24.6 Å². The molecule has 0 aromatic heterocycles. The number of fused-ring (bicyclic) bond motifs is 5. The molecular weight excluding hydrogens is 540 g/mol. The van der Waals surface area contributed by atoms with Crippen LogP contribution in [0.2, 0.25) is 0 Å². The number of phenols is 2. The SMILES string of the molecule is NCCC[C@H]1NC(=O)[C@@H](N)Cc2cc(ccc2O)-c2ccc(O)c(c2)C[C@H](C(=O)NCCN(CCN)CCN)NC1=O. The maximum Gasteiger partial charge on any atom is 0.243 e. The number of phenolic OH excluding ortho intramolecular Hbond substituents is 2. The summed E-state index contributed by atoms with van der Waals surface area (Å²) in [6.45, 7) is 3.23. The molecule has 13 nitrogen and oxygen atoms in total. The third kappa shape index (κ3) is 9.13. The average molecular weight is 585 g/mol. The van der Waals surface area contributed by atoms with Gasteiger partial charge < -0.3 is 49.1 Å². The fraction of sp³-hybridized carbons (Fsp3) is 0.483. The zero-order valence-corrected chi connectivity index (χ0v) is 23.9. The van der Waals surface area contributed by atoms with Crippen LogP contribution in [0.4, 0.5) is 0 Å². The Labute approximate surface area is 246 Å². The van der Waals surface area contributed by atoms with Gasteiger partial charge in [0.25, 0.3) is 0 Å². The van der Waals surface area contributed by atoms with Crippen LogP contribution in [0.5, 0.6) is 11.5 Å². The van der Waals surface area contributed by atoms with Crippen molar-refractivity contribution in [2.45, 2.75) is 43.8 Å². The monoisotopic (exact) mass is 584 g/mol. The van der Waals surface area contributed by atoms with Gasteiger partial charge in [0.05, 0.1) is 6.04 Å². The van der Waals surface area contributed by atoms with Gasteiger partial charge in [-0.25, -0.2) is 0 Å². The van der Waals surface area contributed by atoms with Crippen molar-refractivity contribution in [2.75, 3.05) is 45.8 Å². The molecule has 0 saturated carbocycles. The highest BCUT2D eigenvalue weighted by atomic mass is 16.3. The third-order valence-electron chi connectivity index (χ3n) is 7.27. The average Bonchev–Trinajstić information content (AvgIpc) is 2.96. The molecule has 0 radical (unpaired) electrons. The molecule has 2 aromatic rings. The standard InChI is InChI=1S/C29H44N8O5/c30-7-1-2-23-29(42)36-24(28(41)34-10-13-37(11-8-31)12-9-32)17-21-15-19(4-6-26(21)39)18-3-5-25(38)20(14-18)16-22(33)27(40)35-23/h3-6,14-15,22-24,38-39H,1-2,7-13,16-17,30-33H2,(H,34,41)(H,35,40)(H,36,42)/t22-,23+,24+/m0/s1. The van der Waals surface area contributed by atoms with Gasteiger partial charge in [-0.3, -0.25) is 19.3 Å². The van der Waals surface area contributed by atoms with Gasteiger partial charge >= 0.3 is 0 Å². The van der Waals surface area contributed by atoms with Gasteiger partial charge in [0.15, 0.2) is 0 Å². The van der Waals surface area contributed by atoms with E-state index in [4.69, 9.17) is 22.9 Å². The quantitative estimate of drug-likeness (QED) is 0.144. The topological polar surface area (TPSA) is 235 Å². The van der Waals surface area contributed by atoms with Crippen LogP contribution in [0.25, 0.3) is 11.1 Å². The molecule has 3 amide bonds. The largest absolute Gasteiger partial charge is 0.508 e. The number of nitrogens with one attached hydrogen (secondary N) is 3. The molecule has 0 saturated heterocycles. The highest BCUT2D eigenvalue weighted by Gasteiger charge is 2.29. The number of amides is 3. The summed E-state index contributed by atoms with van der Waals surface area (Å²) in [5.74, 6) is -1.67. The summed E-state index contributed by atoms with van der Waals surface area (Å²) in [6, 6.07) is 6.79. The van der Waals surface area contributed by atoms with Crippen molar-refractivity contribution in [1.29, 1.82) is 0 Å². The molecule has 230 valence electrons. The zero-order valence-electron chi connectivity index (χ0n) is 23.9. The smallest absolute Gasteiger partial charge is 0.243 e. The van der Waals surface area contributed by atoms with E-state index in [1.165, 1.54) is 12.1 Å². The van der Waals surface area contributed by atoms with E-state index in [-0.39, 0.29) is 37.3 Å². The molecule has 0 unspecified atom stereocenters. The van der Waals surface area contributed by atoms with Crippen LogP contribution in [0.15, 0.2) is 36.4 Å². The van der Waals surface area contributed by atoms with E-state index in [0.717, 1.165) is 5.56 Å². The van der Waals surface area contributed by atoms with Crippen LogP contribution in [0.3, 0.4) is 0 Å². The Bertz CT molecular complexity index is 1220. The van der Waals surface area contributed by atoms with Gasteiger partial charge in [0, 0.05) is 52.1 Å². The van der Waals surface area contributed by atoms with Gasteiger partial charge in [0.2, 0.25) is 17.7 Å². The van der Waals surface area contributed by atoms with Crippen LogP contribution < -0.4 is 38.9 Å². The summed E-state index contributed by atoms with van der Waals surface area (Å²) < 4.78 is 0. The van der Waals surface area contributed by atoms with E-state index >= 15 is 0 Å². The van der Waals surface area contributed by atoms with Crippen molar-refractivity contribution in [1.82, 2.24) is 20.9 Å².